The van der Waals surface area contributed by atoms with Crippen LogP contribution in [0.25, 0.3) is 0 Å². The van der Waals surface area contributed by atoms with Crippen molar-refractivity contribution in [3.8, 4) is 0 Å². The maximum absolute atomic E-state index is 10.9. The van der Waals surface area contributed by atoms with Gasteiger partial charge in [-0.3, -0.25) is 10.1 Å². The number of nitro groups is 1. The van der Waals surface area contributed by atoms with Crippen LogP contribution in [-0.2, 0) is 6.42 Å². The van der Waals surface area contributed by atoms with Crippen LogP contribution in [-0.4, -0.2) is 11.5 Å². The third-order valence-corrected chi connectivity index (χ3v) is 3.95. The number of rotatable bonds is 5. The van der Waals surface area contributed by atoms with Gasteiger partial charge in [0.2, 0.25) is 0 Å². The van der Waals surface area contributed by atoms with E-state index in [9.17, 15) is 10.1 Å². The van der Waals surface area contributed by atoms with E-state index < -0.39 is 0 Å². The van der Waals surface area contributed by atoms with Crippen LogP contribution < -0.4 is 5.32 Å². The summed E-state index contributed by atoms with van der Waals surface area (Å²) in [5.74, 6) is 0. The van der Waals surface area contributed by atoms with Crippen molar-refractivity contribution in [1.29, 1.82) is 0 Å². The maximum atomic E-state index is 10.9. The summed E-state index contributed by atoms with van der Waals surface area (Å²) in [7, 11) is 0. The zero-order valence-corrected chi connectivity index (χ0v) is 13.6. The number of nitrogens with one attached hydrogen (secondary N) is 1. The minimum Gasteiger partial charge on any atom is -0.384 e. The molecule has 0 saturated carbocycles. The summed E-state index contributed by atoms with van der Waals surface area (Å²) < 4.78 is 0.712. The van der Waals surface area contributed by atoms with Crippen LogP contribution in [0, 0.1) is 24.0 Å². The summed E-state index contributed by atoms with van der Waals surface area (Å²) in [5.41, 5.74) is 4.19. The van der Waals surface area contributed by atoms with Gasteiger partial charge >= 0.3 is 0 Å². The molecule has 2 aromatic carbocycles. The largest absolute Gasteiger partial charge is 0.384 e. The molecule has 0 radical (unpaired) electrons. The number of aryl methyl sites for hydroxylation is 2. The zero-order valence-electron chi connectivity index (χ0n) is 12.0. The highest BCUT2D eigenvalue weighted by Crippen LogP contribution is 2.30. The molecule has 5 heteroatoms. The van der Waals surface area contributed by atoms with E-state index in [1.165, 1.54) is 11.1 Å². The number of benzene rings is 2. The summed E-state index contributed by atoms with van der Waals surface area (Å²) in [6.07, 6.45) is 0.907. The van der Waals surface area contributed by atoms with E-state index in [0.717, 1.165) is 18.7 Å². The van der Waals surface area contributed by atoms with Crippen LogP contribution >= 0.6 is 15.9 Å². The molecule has 0 amide bonds. The predicted octanol–water partition coefficient (Wildman–Crippen LogP) is 4.63. The minimum absolute atomic E-state index is 0.131. The van der Waals surface area contributed by atoms with Gasteiger partial charge in [0.1, 0.15) is 0 Å². The molecule has 110 valence electrons. The number of hydrogen-bond acceptors (Lipinski definition) is 3. The van der Waals surface area contributed by atoms with Gasteiger partial charge in [-0.1, -0.05) is 29.8 Å². The second-order valence-corrected chi connectivity index (χ2v) is 5.90. The van der Waals surface area contributed by atoms with Gasteiger partial charge in [-0.2, -0.15) is 0 Å². The first kappa shape index (κ1) is 15.5. The standard InChI is InChI=1S/C16H17BrN2O2/c1-11-4-3-5-13(8-11)6-7-18-15-9-12(2)16(19(20)21)10-14(15)17/h3-5,8-10,18H,6-7H2,1-2H3. The number of anilines is 1. The van der Waals surface area contributed by atoms with Crippen LogP contribution in [0.4, 0.5) is 11.4 Å². The molecule has 1 N–H and O–H groups in total. The van der Waals surface area contributed by atoms with Gasteiger partial charge in [0.25, 0.3) is 5.69 Å². The van der Waals surface area contributed by atoms with Crippen LogP contribution in [0.3, 0.4) is 0 Å². The van der Waals surface area contributed by atoms with Gasteiger partial charge in [-0.05, 0) is 47.8 Å². The van der Waals surface area contributed by atoms with Crippen molar-refractivity contribution in [3.63, 3.8) is 0 Å². The first-order valence-electron chi connectivity index (χ1n) is 6.71. The van der Waals surface area contributed by atoms with Crippen molar-refractivity contribution in [2.45, 2.75) is 20.3 Å². The van der Waals surface area contributed by atoms with Gasteiger partial charge in [-0.15, -0.1) is 0 Å². The molecule has 0 aromatic heterocycles. The Morgan fingerprint density at radius 2 is 2.00 bits per heavy atom. The van der Waals surface area contributed by atoms with E-state index in [4.69, 9.17) is 0 Å². The fourth-order valence-corrected chi connectivity index (χ4v) is 2.68. The Kier molecular flexibility index (Phi) is 4.96. The third-order valence-electron chi connectivity index (χ3n) is 3.29. The predicted molar refractivity (Wildman–Crippen MR) is 88.9 cm³/mol. The van der Waals surface area contributed by atoms with E-state index in [1.807, 2.05) is 0 Å². The SMILES string of the molecule is Cc1cccc(CCNc2cc(C)c([N+](=O)[O-])cc2Br)c1. The Bertz CT molecular complexity index is 671. The first-order valence-corrected chi connectivity index (χ1v) is 7.50. The normalized spacial score (nSPS) is 10.4. The van der Waals surface area contributed by atoms with Crippen LogP contribution in [0.1, 0.15) is 16.7 Å². The summed E-state index contributed by atoms with van der Waals surface area (Å²) in [5, 5.41) is 14.2. The Hall–Kier alpha value is -1.88. The molecular weight excluding hydrogens is 332 g/mol. The van der Waals surface area contributed by atoms with Gasteiger partial charge in [0.15, 0.2) is 0 Å². The molecule has 0 spiro atoms. The van der Waals surface area contributed by atoms with Crippen molar-refractivity contribution in [1.82, 2.24) is 0 Å². The highest BCUT2D eigenvalue weighted by Gasteiger charge is 2.13. The Labute approximate surface area is 132 Å². The van der Waals surface area contributed by atoms with Gasteiger partial charge < -0.3 is 5.32 Å². The lowest BCUT2D eigenvalue weighted by atomic mass is 10.1. The number of nitro benzene ring substituents is 1. The van der Waals surface area contributed by atoms with Crippen LogP contribution in [0.15, 0.2) is 40.9 Å². The molecule has 2 rings (SSSR count). The quantitative estimate of drug-likeness (QED) is 0.633. The van der Waals surface area contributed by atoms with Crippen LogP contribution in [0.2, 0.25) is 0 Å². The smallest absolute Gasteiger partial charge is 0.273 e. The lowest BCUT2D eigenvalue weighted by Crippen LogP contribution is -2.06. The lowest BCUT2D eigenvalue weighted by molar-refractivity contribution is -0.385. The number of nitrogens with zero attached hydrogens (tertiary/aromatic N) is 1. The molecule has 21 heavy (non-hydrogen) atoms. The lowest BCUT2D eigenvalue weighted by Gasteiger charge is -2.10. The molecule has 0 heterocycles. The molecule has 0 aliphatic carbocycles. The molecule has 2 aromatic rings. The molecule has 0 aliphatic rings. The molecular formula is C16H17BrN2O2. The van der Waals surface area contributed by atoms with E-state index in [-0.39, 0.29) is 10.6 Å². The summed E-state index contributed by atoms with van der Waals surface area (Å²) >= 11 is 3.38. The van der Waals surface area contributed by atoms with E-state index >= 15 is 0 Å². The Morgan fingerprint density at radius 3 is 2.67 bits per heavy atom. The van der Waals surface area contributed by atoms with Crippen molar-refractivity contribution in [2.24, 2.45) is 0 Å². The summed E-state index contributed by atoms with van der Waals surface area (Å²) in [6, 6.07) is 11.7. The summed E-state index contributed by atoms with van der Waals surface area (Å²) in [6.45, 7) is 4.60. The van der Waals surface area contributed by atoms with E-state index in [2.05, 4.69) is 52.4 Å². The second kappa shape index (κ2) is 6.72. The fraction of sp³-hybridized carbons (Fsp3) is 0.250. The monoisotopic (exact) mass is 348 g/mol. The van der Waals surface area contributed by atoms with Gasteiger partial charge in [0, 0.05) is 28.3 Å². The van der Waals surface area contributed by atoms with Crippen LogP contribution in [0.5, 0.6) is 0 Å². The van der Waals surface area contributed by atoms with Crippen molar-refractivity contribution < 1.29 is 4.92 Å². The van der Waals surface area contributed by atoms with Gasteiger partial charge in [-0.25, -0.2) is 0 Å². The number of hydrogen-bond donors (Lipinski definition) is 1. The molecule has 0 bridgehead atoms. The van der Waals surface area contributed by atoms with Crippen molar-refractivity contribution in [3.05, 3.63) is 67.7 Å². The number of halogens is 1. The molecule has 0 unspecified atom stereocenters. The Balaban J connectivity index is 2.04. The molecule has 0 atom stereocenters. The molecule has 4 nitrogen and oxygen atoms in total. The average molecular weight is 349 g/mol. The average Bonchev–Trinajstić information content (AvgIpc) is 2.42. The highest BCUT2D eigenvalue weighted by atomic mass is 79.9. The van der Waals surface area contributed by atoms with Gasteiger partial charge in [0.05, 0.1) is 4.92 Å². The van der Waals surface area contributed by atoms with Crippen molar-refractivity contribution in [2.75, 3.05) is 11.9 Å². The van der Waals surface area contributed by atoms with E-state index in [1.54, 1.807) is 19.1 Å². The second-order valence-electron chi connectivity index (χ2n) is 5.04. The first-order chi connectivity index (χ1) is 9.97. The topological polar surface area (TPSA) is 55.2 Å². The third kappa shape index (κ3) is 4.04. The maximum Gasteiger partial charge on any atom is 0.273 e. The summed E-state index contributed by atoms with van der Waals surface area (Å²) in [4.78, 5) is 10.5. The minimum atomic E-state index is -0.364. The fourth-order valence-electron chi connectivity index (χ4n) is 2.21. The zero-order chi connectivity index (χ0) is 15.4. The molecule has 0 aliphatic heterocycles. The van der Waals surface area contributed by atoms with Crippen molar-refractivity contribution >= 4 is 27.3 Å². The Morgan fingerprint density at radius 1 is 1.24 bits per heavy atom. The highest BCUT2D eigenvalue weighted by molar-refractivity contribution is 9.10. The molecule has 0 fully saturated rings. The molecule has 0 saturated heterocycles. The van der Waals surface area contributed by atoms with E-state index in [0.29, 0.717) is 10.0 Å².